The fourth-order valence-electron chi connectivity index (χ4n) is 2.17. The van der Waals surface area contributed by atoms with Gasteiger partial charge in [-0.15, -0.1) is 0 Å². The van der Waals surface area contributed by atoms with E-state index in [2.05, 4.69) is 27.3 Å². The zero-order chi connectivity index (χ0) is 13.0. The van der Waals surface area contributed by atoms with E-state index in [4.69, 9.17) is 10.5 Å². The van der Waals surface area contributed by atoms with Crippen LogP contribution < -0.4 is 15.8 Å². The van der Waals surface area contributed by atoms with Gasteiger partial charge in [-0.25, -0.2) is 0 Å². The normalized spacial score (nSPS) is 16.6. The van der Waals surface area contributed by atoms with Crippen molar-refractivity contribution in [1.82, 2.24) is 5.32 Å². The van der Waals surface area contributed by atoms with Crippen LogP contribution in [-0.4, -0.2) is 20.2 Å². The summed E-state index contributed by atoms with van der Waals surface area (Å²) in [7, 11) is 1.70. The molecule has 1 fully saturated rings. The highest BCUT2D eigenvalue weighted by Crippen LogP contribution is 2.32. The molecule has 1 aliphatic carbocycles. The first kappa shape index (κ1) is 13.8. The standard InChI is InChI=1S/C14H21BrN2O/c1-18-14-5-4-11(15)8-12(14)13(9-16)17-7-6-10-2-3-10/h4-5,8,10,13,17H,2-3,6-7,9,16H2,1H3. The average Bonchev–Trinajstić information content (AvgIpc) is 3.19. The van der Waals surface area contributed by atoms with E-state index in [1.54, 1.807) is 7.11 Å². The van der Waals surface area contributed by atoms with E-state index < -0.39 is 0 Å². The van der Waals surface area contributed by atoms with Crippen molar-refractivity contribution in [2.75, 3.05) is 20.2 Å². The second-order valence-electron chi connectivity index (χ2n) is 4.86. The van der Waals surface area contributed by atoms with Gasteiger partial charge in [-0.1, -0.05) is 28.8 Å². The summed E-state index contributed by atoms with van der Waals surface area (Å²) in [5.41, 5.74) is 7.01. The van der Waals surface area contributed by atoms with Crippen LogP contribution in [0.25, 0.3) is 0 Å². The van der Waals surface area contributed by atoms with Gasteiger partial charge in [0.25, 0.3) is 0 Å². The monoisotopic (exact) mass is 312 g/mol. The maximum absolute atomic E-state index is 5.88. The Hall–Kier alpha value is -0.580. The van der Waals surface area contributed by atoms with E-state index >= 15 is 0 Å². The Balaban J connectivity index is 2.01. The summed E-state index contributed by atoms with van der Waals surface area (Å²) in [6, 6.07) is 6.21. The van der Waals surface area contributed by atoms with Gasteiger partial charge in [0.2, 0.25) is 0 Å². The summed E-state index contributed by atoms with van der Waals surface area (Å²) < 4.78 is 6.46. The second-order valence-corrected chi connectivity index (χ2v) is 5.78. The van der Waals surface area contributed by atoms with Crippen LogP contribution in [0.2, 0.25) is 0 Å². The van der Waals surface area contributed by atoms with Crippen LogP contribution >= 0.6 is 15.9 Å². The van der Waals surface area contributed by atoms with Crippen LogP contribution in [0.1, 0.15) is 30.9 Å². The number of hydrogen-bond acceptors (Lipinski definition) is 3. The molecule has 18 heavy (non-hydrogen) atoms. The van der Waals surface area contributed by atoms with Crippen molar-refractivity contribution in [3.63, 3.8) is 0 Å². The molecule has 3 N–H and O–H groups in total. The molecular formula is C14H21BrN2O. The molecule has 0 aliphatic heterocycles. The van der Waals surface area contributed by atoms with Gasteiger partial charge in [0.05, 0.1) is 7.11 Å². The smallest absolute Gasteiger partial charge is 0.123 e. The summed E-state index contributed by atoms with van der Waals surface area (Å²) in [4.78, 5) is 0. The van der Waals surface area contributed by atoms with E-state index in [0.29, 0.717) is 6.54 Å². The molecule has 3 nitrogen and oxygen atoms in total. The lowest BCUT2D eigenvalue weighted by molar-refractivity contribution is 0.398. The van der Waals surface area contributed by atoms with Crippen molar-refractivity contribution in [3.05, 3.63) is 28.2 Å². The Morgan fingerprint density at radius 1 is 1.50 bits per heavy atom. The van der Waals surface area contributed by atoms with Crippen LogP contribution in [-0.2, 0) is 0 Å². The second kappa shape index (κ2) is 6.55. The molecule has 0 spiro atoms. The van der Waals surface area contributed by atoms with Gasteiger partial charge in [0.1, 0.15) is 5.75 Å². The quantitative estimate of drug-likeness (QED) is 0.814. The number of nitrogens with one attached hydrogen (secondary N) is 1. The molecule has 0 radical (unpaired) electrons. The minimum Gasteiger partial charge on any atom is -0.496 e. The lowest BCUT2D eigenvalue weighted by Gasteiger charge is -2.20. The maximum atomic E-state index is 5.88. The van der Waals surface area contributed by atoms with Gasteiger partial charge in [0.15, 0.2) is 0 Å². The number of halogens is 1. The molecule has 0 heterocycles. The van der Waals surface area contributed by atoms with Crippen LogP contribution in [0.4, 0.5) is 0 Å². The van der Waals surface area contributed by atoms with Crippen molar-refractivity contribution in [3.8, 4) is 5.75 Å². The first-order chi connectivity index (χ1) is 8.74. The minimum absolute atomic E-state index is 0.163. The molecule has 0 bridgehead atoms. The Morgan fingerprint density at radius 3 is 2.89 bits per heavy atom. The predicted molar refractivity (Wildman–Crippen MR) is 77.8 cm³/mol. The van der Waals surface area contributed by atoms with Crippen molar-refractivity contribution >= 4 is 15.9 Å². The summed E-state index contributed by atoms with van der Waals surface area (Å²) in [5.74, 6) is 1.84. The summed E-state index contributed by atoms with van der Waals surface area (Å²) in [6.45, 7) is 1.61. The Morgan fingerprint density at radius 2 is 2.28 bits per heavy atom. The lowest BCUT2D eigenvalue weighted by atomic mass is 10.1. The fraction of sp³-hybridized carbons (Fsp3) is 0.571. The van der Waals surface area contributed by atoms with Gasteiger partial charge >= 0.3 is 0 Å². The van der Waals surface area contributed by atoms with Gasteiger partial charge < -0.3 is 15.8 Å². The highest BCUT2D eigenvalue weighted by molar-refractivity contribution is 9.10. The van der Waals surface area contributed by atoms with Gasteiger partial charge in [-0.2, -0.15) is 0 Å². The number of benzene rings is 1. The lowest BCUT2D eigenvalue weighted by Crippen LogP contribution is -2.29. The number of nitrogens with two attached hydrogens (primary N) is 1. The van der Waals surface area contributed by atoms with Crippen molar-refractivity contribution in [2.45, 2.75) is 25.3 Å². The molecular weight excluding hydrogens is 292 g/mol. The molecule has 1 unspecified atom stereocenters. The highest BCUT2D eigenvalue weighted by atomic mass is 79.9. The number of methoxy groups -OCH3 is 1. The molecule has 100 valence electrons. The molecule has 1 atom stereocenters. The topological polar surface area (TPSA) is 47.3 Å². The van der Waals surface area contributed by atoms with Crippen LogP contribution in [0.3, 0.4) is 0 Å². The molecule has 1 aliphatic rings. The third kappa shape index (κ3) is 3.70. The average molecular weight is 313 g/mol. The third-order valence-electron chi connectivity index (χ3n) is 3.44. The number of hydrogen-bond donors (Lipinski definition) is 2. The first-order valence-corrected chi connectivity index (χ1v) is 7.30. The van der Waals surface area contributed by atoms with Crippen molar-refractivity contribution in [1.29, 1.82) is 0 Å². The van der Waals surface area contributed by atoms with Gasteiger partial charge in [-0.05, 0) is 37.1 Å². The van der Waals surface area contributed by atoms with Crippen LogP contribution in [0, 0.1) is 5.92 Å². The fourth-order valence-corrected chi connectivity index (χ4v) is 2.54. The third-order valence-corrected chi connectivity index (χ3v) is 3.94. The van der Waals surface area contributed by atoms with Gasteiger partial charge in [0, 0.05) is 22.6 Å². The highest BCUT2D eigenvalue weighted by Gasteiger charge is 2.21. The molecule has 2 rings (SSSR count). The SMILES string of the molecule is COc1ccc(Br)cc1C(CN)NCCC1CC1. The minimum atomic E-state index is 0.163. The zero-order valence-corrected chi connectivity index (χ0v) is 12.4. The van der Waals surface area contributed by atoms with Crippen LogP contribution in [0.5, 0.6) is 5.75 Å². The summed E-state index contributed by atoms with van der Waals surface area (Å²) >= 11 is 3.50. The molecule has 0 aromatic heterocycles. The Kier molecular flexibility index (Phi) is 5.03. The van der Waals surface area contributed by atoms with E-state index in [1.165, 1.54) is 19.3 Å². The van der Waals surface area contributed by atoms with E-state index in [-0.39, 0.29) is 6.04 Å². The molecule has 1 saturated carbocycles. The van der Waals surface area contributed by atoms with Crippen LogP contribution in [0.15, 0.2) is 22.7 Å². The maximum Gasteiger partial charge on any atom is 0.123 e. The summed E-state index contributed by atoms with van der Waals surface area (Å²) in [5, 5.41) is 3.53. The predicted octanol–water partition coefficient (Wildman–Crippen LogP) is 2.85. The summed E-state index contributed by atoms with van der Waals surface area (Å²) in [6.07, 6.45) is 4.05. The largest absolute Gasteiger partial charge is 0.496 e. The van der Waals surface area contributed by atoms with E-state index in [1.807, 2.05) is 12.1 Å². The first-order valence-electron chi connectivity index (χ1n) is 6.51. The van der Waals surface area contributed by atoms with Crippen molar-refractivity contribution < 1.29 is 4.74 Å². The molecule has 1 aromatic rings. The molecule has 1 aromatic carbocycles. The van der Waals surface area contributed by atoms with Crippen molar-refractivity contribution in [2.24, 2.45) is 11.7 Å². The van der Waals surface area contributed by atoms with Gasteiger partial charge in [-0.3, -0.25) is 0 Å². The number of ether oxygens (including phenoxy) is 1. The molecule has 0 saturated heterocycles. The van der Waals surface area contributed by atoms with E-state index in [0.717, 1.165) is 28.2 Å². The Labute approximate surface area is 117 Å². The molecule has 0 amide bonds. The van der Waals surface area contributed by atoms with E-state index in [9.17, 15) is 0 Å². The number of rotatable bonds is 7. The Bertz CT molecular complexity index is 393. The molecule has 4 heteroatoms. The zero-order valence-electron chi connectivity index (χ0n) is 10.8.